The van der Waals surface area contributed by atoms with Crippen molar-refractivity contribution < 1.29 is 0 Å². The minimum atomic E-state index is 0.434. The summed E-state index contributed by atoms with van der Waals surface area (Å²) in [7, 11) is 0. The van der Waals surface area contributed by atoms with Crippen LogP contribution >= 0.6 is 0 Å². The monoisotopic (exact) mass is 218 g/mol. The summed E-state index contributed by atoms with van der Waals surface area (Å²) < 4.78 is 0. The number of likely N-dealkylation sites (tertiary alicyclic amines) is 1. The highest BCUT2D eigenvalue weighted by Gasteiger charge is 2.18. The zero-order chi connectivity index (χ0) is 11.4. The Kier molecular flexibility index (Phi) is 3.97. The normalized spacial score (nSPS) is 20.9. The maximum Gasteiger partial charge on any atom is 0.00631 e. The van der Waals surface area contributed by atoms with Gasteiger partial charge in [-0.2, -0.15) is 0 Å². The summed E-state index contributed by atoms with van der Waals surface area (Å²) >= 11 is 0. The molecule has 16 heavy (non-hydrogen) atoms. The standard InChI is InChI=1S/C14H22N2/c1-12(13-5-3-2-4-6-13)11-16-9-7-14(15)8-10-16/h2-6,12,14H,7-11,15H2,1H3. The molecule has 1 saturated heterocycles. The van der Waals surface area contributed by atoms with Crippen LogP contribution in [0.4, 0.5) is 0 Å². The number of benzene rings is 1. The van der Waals surface area contributed by atoms with Crippen LogP contribution in [0.2, 0.25) is 0 Å². The van der Waals surface area contributed by atoms with Crippen LogP contribution in [0.15, 0.2) is 30.3 Å². The maximum atomic E-state index is 5.91. The third-order valence-electron chi connectivity index (χ3n) is 3.53. The summed E-state index contributed by atoms with van der Waals surface area (Å²) in [6.07, 6.45) is 2.31. The van der Waals surface area contributed by atoms with Crippen molar-refractivity contribution in [1.29, 1.82) is 0 Å². The van der Waals surface area contributed by atoms with Gasteiger partial charge in [-0.3, -0.25) is 0 Å². The van der Waals surface area contributed by atoms with Gasteiger partial charge in [0.15, 0.2) is 0 Å². The summed E-state index contributed by atoms with van der Waals surface area (Å²) in [5, 5.41) is 0. The van der Waals surface area contributed by atoms with Crippen LogP contribution in [-0.4, -0.2) is 30.6 Å². The largest absolute Gasteiger partial charge is 0.328 e. The van der Waals surface area contributed by atoms with Gasteiger partial charge in [0.05, 0.1) is 0 Å². The Labute approximate surface area is 98.4 Å². The van der Waals surface area contributed by atoms with Gasteiger partial charge in [-0.1, -0.05) is 37.3 Å². The third-order valence-corrected chi connectivity index (χ3v) is 3.53. The van der Waals surface area contributed by atoms with Crippen LogP contribution in [0.5, 0.6) is 0 Å². The highest BCUT2D eigenvalue weighted by Crippen LogP contribution is 2.18. The highest BCUT2D eigenvalue weighted by atomic mass is 15.1. The number of piperidine rings is 1. The smallest absolute Gasteiger partial charge is 0.00631 e. The van der Waals surface area contributed by atoms with Crippen molar-refractivity contribution in [2.45, 2.75) is 31.7 Å². The second-order valence-corrected chi connectivity index (χ2v) is 4.95. The van der Waals surface area contributed by atoms with E-state index in [0.717, 1.165) is 19.4 Å². The Balaban J connectivity index is 1.86. The molecule has 88 valence electrons. The van der Waals surface area contributed by atoms with Crippen LogP contribution in [0.3, 0.4) is 0 Å². The molecule has 0 radical (unpaired) electrons. The van der Waals surface area contributed by atoms with Gasteiger partial charge in [-0.25, -0.2) is 0 Å². The molecular weight excluding hydrogens is 196 g/mol. The van der Waals surface area contributed by atoms with E-state index in [9.17, 15) is 0 Å². The molecule has 2 nitrogen and oxygen atoms in total. The molecule has 2 N–H and O–H groups in total. The van der Waals surface area contributed by atoms with Gasteiger partial charge in [0.25, 0.3) is 0 Å². The lowest BCUT2D eigenvalue weighted by Gasteiger charge is -2.32. The summed E-state index contributed by atoms with van der Waals surface area (Å²) in [4.78, 5) is 2.54. The number of nitrogens with zero attached hydrogens (tertiary/aromatic N) is 1. The topological polar surface area (TPSA) is 29.3 Å². The van der Waals surface area contributed by atoms with Crippen LogP contribution in [0.1, 0.15) is 31.2 Å². The molecule has 2 heteroatoms. The average molecular weight is 218 g/mol. The molecule has 1 aromatic carbocycles. The Morgan fingerprint density at radius 2 is 1.88 bits per heavy atom. The first kappa shape index (κ1) is 11.6. The zero-order valence-electron chi connectivity index (χ0n) is 10.1. The minimum Gasteiger partial charge on any atom is -0.328 e. The first-order chi connectivity index (χ1) is 7.75. The van der Waals surface area contributed by atoms with Crippen LogP contribution in [0, 0.1) is 0 Å². The van der Waals surface area contributed by atoms with E-state index in [4.69, 9.17) is 5.73 Å². The van der Waals surface area contributed by atoms with E-state index in [1.807, 2.05) is 0 Å². The molecule has 0 spiro atoms. The van der Waals surface area contributed by atoms with Crippen LogP contribution < -0.4 is 5.73 Å². The molecule has 1 fully saturated rings. The van der Waals surface area contributed by atoms with E-state index < -0.39 is 0 Å². The summed E-state index contributed by atoms with van der Waals surface area (Å²) in [5.74, 6) is 0.621. The molecular formula is C14H22N2. The molecule has 1 aromatic rings. The molecule has 1 heterocycles. The third kappa shape index (κ3) is 3.06. The Morgan fingerprint density at radius 1 is 1.25 bits per heavy atom. The fraction of sp³-hybridized carbons (Fsp3) is 0.571. The fourth-order valence-electron chi connectivity index (χ4n) is 2.41. The van der Waals surface area contributed by atoms with E-state index in [1.165, 1.54) is 18.7 Å². The van der Waals surface area contributed by atoms with Crippen molar-refractivity contribution in [3.63, 3.8) is 0 Å². The first-order valence-corrected chi connectivity index (χ1v) is 6.28. The lowest BCUT2D eigenvalue weighted by molar-refractivity contribution is 0.204. The van der Waals surface area contributed by atoms with Gasteiger partial charge >= 0.3 is 0 Å². The van der Waals surface area contributed by atoms with Gasteiger partial charge in [0.1, 0.15) is 0 Å². The van der Waals surface area contributed by atoms with Crippen LogP contribution in [0.25, 0.3) is 0 Å². The number of rotatable bonds is 3. The quantitative estimate of drug-likeness (QED) is 0.843. The van der Waals surface area contributed by atoms with Gasteiger partial charge in [0.2, 0.25) is 0 Å². The van der Waals surface area contributed by atoms with Crippen molar-refractivity contribution in [2.75, 3.05) is 19.6 Å². The molecule has 1 unspecified atom stereocenters. The Bertz CT molecular complexity index is 302. The van der Waals surface area contributed by atoms with E-state index in [2.05, 4.69) is 42.2 Å². The molecule has 2 rings (SSSR count). The Hall–Kier alpha value is -0.860. The molecule has 0 aliphatic carbocycles. The van der Waals surface area contributed by atoms with Crippen molar-refractivity contribution in [1.82, 2.24) is 4.90 Å². The number of nitrogens with two attached hydrogens (primary N) is 1. The summed E-state index contributed by atoms with van der Waals surface area (Å²) in [6.45, 7) is 5.80. The molecule has 1 aliphatic heterocycles. The second kappa shape index (κ2) is 5.46. The lowest BCUT2D eigenvalue weighted by atomic mass is 9.99. The molecule has 0 aromatic heterocycles. The van der Waals surface area contributed by atoms with E-state index in [1.54, 1.807) is 0 Å². The van der Waals surface area contributed by atoms with E-state index in [-0.39, 0.29) is 0 Å². The predicted molar refractivity (Wildman–Crippen MR) is 68.5 cm³/mol. The van der Waals surface area contributed by atoms with Crippen molar-refractivity contribution >= 4 is 0 Å². The van der Waals surface area contributed by atoms with Crippen molar-refractivity contribution in [3.05, 3.63) is 35.9 Å². The first-order valence-electron chi connectivity index (χ1n) is 6.28. The van der Waals surface area contributed by atoms with Crippen LogP contribution in [-0.2, 0) is 0 Å². The minimum absolute atomic E-state index is 0.434. The number of hydrogen-bond donors (Lipinski definition) is 1. The molecule has 0 saturated carbocycles. The summed E-state index contributed by atoms with van der Waals surface area (Å²) in [5.41, 5.74) is 7.35. The predicted octanol–water partition coefficient (Wildman–Crippen LogP) is 2.21. The molecule has 1 atom stereocenters. The number of hydrogen-bond acceptors (Lipinski definition) is 2. The van der Waals surface area contributed by atoms with E-state index in [0.29, 0.717) is 12.0 Å². The highest BCUT2D eigenvalue weighted by molar-refractivity contribution is 5.19. The fourth-order valence-corrected chi connectivity index (χ4v) is 2.41. The van der Waals surface area contributed by atoms with E-state index >= 15 is 0 Å². The molecule has 0 amide bonds. The van der Waals surface area contributed by atoms with Gasteiger partial charge in [-0.05, 0) is 37.4 Å². The van der Waals surface area contributed by atoms with Gasteiger partial charge in [-0.15, -0.1) is 0 Å². The molecule has 0 bridgehead atoms. The summed E-state index contributed by atoms with van der Waals surface area (Å²) in [6, 6.07) is 11.2. The van der Waals surface area contributed by atoms with Crippen molar-refractivity contribution in [2.24, 2.45) is 5.73 Å². The SMILES string of the molecule is CC(CN1CCC(N)CC1)c1ccccc1. The average Bonchev–Trinajstić information content (AvgIpc) is 2.33. The van der Waals surface area contributed by atoms with Crippen molar-refractivity contribution in [3.8, 4) is 0 Å². The van der Waals surface area contributed by atoms with Gasteiger partial charge < -0.3 is 10.6 Å². The molecule has 1 aliphatic rings. The zero-order valence-corrected chi connectivity index (χ0v) is 10.1. The maximum absolute atomic E-state index is 5.91. The second-order valence-electron chi connectivity index (χ2n) is 4.95. The van der Waals surface area contributed by atoms with Gasteiger partial charge in [0, 0.05) is 12.6 Å². The lowest BCUT2D eigenvalue weighted by Crippen LogP contribution is -2.41. The Morgan fingerprint density at radius 3 is 2.50 bits per heavy atom.